The minimum Gasteiger partial charge on any atom is -0.364 e. The normalized spacial score (nSPS) is 26.5. The van der Waals surface area contributed by atoms with Crippen molar-refractivity contribution in [1.82, 2.24) is 9.80 Å². The maximum absolute atomic E-state index is 13.6. The maximum Gasteiger partial charge on any atom is 0.196 e. The van der Waals surface area contributed by atoms with Crippen LogP contribution in [0.2, 0.25) is 0 Å². The summed E-state index contributed by atoms with van der Waals surface area (Å²) in [7, 11) is 0. The molecule has 164 valence electrons. The first-order chi connectivity index (χ1) is 15.7. The predicted molar refractivity (Wildman–Crippen MR) is 123 cm³/mol. The van der Waals surface area contributed by atoms with E-state index in [0.29, 0.717) is 22.3 Å². The number of ketones is 2. The highest BCUT2D eigenvalue weighted by atomic mass is 16.1. The van der Waals surface area contributed by atoms with Crippen molar-refractivity contribution in [1.29, 1.82) is 0 Å². The topological polar surface area (TPSA) is 64.7 Å². The Kier molecular flexibility index (Phi) is 4.06. The Bertz CT molecular complexity index is 1160. The van der Waals surface area contributed by atoms with E-state index in [1.165, 1.54) is 38.5 Å². The molecule has 0 aromatic heterocycles. The van der Waals surface area contributed by atoms with E-state index in [9.17, 15) is 9.59 Å². The zero-order valence-electron chi connectivity index (χ0n) is 18.2. The number of benzene rings is 2. The summed E-state index contributed by atoms with van der Waals surface area (Å²) in [6, 6.07) is 7.89. The van der Waals surface area contributed by atoms with Crippen molar-refractivity contribution in [3.63, 3.8) is 0 Å². The van der Waals surface area contributed by atoms with Crippen LogP contribution in [-0.2, 0) is 0 Å². The third-order valence-electron chi connectivity index (χ3n) is 8.05. The lowest BCUT2D eigenvalue weighted by Gasteiger charge is -2.37. The van der Waals surface area contributed by atoms with Gasteiger partial charge < -0.3 is 10.6 Å². The van der Waals surface area contributed by atoms with E-state index in [0.717, 1.165) is 48.7 Å². The van der Waals surface area contributed by atoms with Crippen molar-refractivity contribution in [2.75, 3.05) is 36.8 Å². The Hall–Kier alpha value is -2.70. The van der Waals surface area contributed by atoms with Crippen molar-refractivity contribution in [3.05, 3.63) is 57.6 Å². The van der Waals surface area contributed by atoms with E-state index in [2.05, 4.69) is 20.4 Å². The van der Waals surface area contributed by atoms with Gasteiger partial charge in [0.2, 0.25) is 0 Å². The average Bonchev–Trinajstić information content (AvgIpc) is 3.08. The van der Waals surface area contributed by atoms with Gasteiger partial charge in [-0.3, -0.25) is 19.4 Å². The first-order valence-electron chi connectivity index (χ1n) is 12.2. The molecule has 7 heterocycles. The zero-order valence-corrected chi connectivity index (χ0v) is 18.2. The summed E-state index contributed by atoms with van der Waals surface area (Å²) in [5.74, 6) is -0.0418. The van der Waals surface area contributed by atoms with Gasteiger partial charge in [-0.15, -0.1) is 0 Å². The second-order valence-corrected chi connectivity index (χ2v) is 9.89. The average molecular weight is 429 g/mol. The van der Waals surface area contributed by atoms with Crippen LogP contribution in [0.15, 0.2) is 24.3 Å². The molecule has 8 aliphatic rings. The number of fused-ring (bicyclic) bond motifs is 1. The lowest BCUT2D eigenvalue weighted by molar-refractivity contribution is 0.0979. The van der Waals surface area contributed by atoms with Crippen LogP contribution in [0, 0.1) is 0 Å². The first kappa shape index (κ1) is 18.8. The van der Waals surface area contributed by atoms with Gasteiger partial charge in [-0.25, -0.2) is 0 Å². The summed E-state index contributed by atoms with van der Waals surface area (Å²) in [6.07, 6.45) is 7.34. The molecule has 0 saturated carbocycles. The fourth-order valence-corrected chi connectivity index (χ4v) is 6.41. The van der Waals surface area contributed by atoms with Crippen molar-refractivity contribution < 1.29 is 9.59 Å². The number of nitrogens with zero attached hydrogens (tertiary/aromatic N) is 2. The minimum absolute atomic E-state index is 0.000285. The van der Waals surface area contributed by atoms with E-state index >= 15 is 0 Å². The monoisotopic (exact) mass is 428 g/mol. The number of hydrogen-bond acceptors (Lipinski definition) is 6. The third-order valence-corrected chi connectivity index (χ3v) is 8.05. The van der Waals surface area contributed by atoms with Crippen molar-refractivity contribution in [3.8, 4) is 0 Å². The van der Waals surface area contributed by atoms with Gasteiger partial charge in [-0.2, -0.15) is 0 Å². The first-order valence-corrected chi connectivity index (χ1v) is 12.2. The van der Waals surface area contributed by atoms with Crippen LogP contribution in [0.25, 0.3) is 0 Å². The lowest BCUT2D eigenvalue weighted by Crippen LogP contribution is -2.38. The molecule has 2 fully saturated rings. The quantitative estimate of drug-likeness (QED) is 0.635. The highest BCUT2D eigenvalue weighted by Gasteiger charge is 2.43. The van der Waals surface area contributed by atoms with Gasteiger partial charge >= 0.3 is 0 Å². The van der Waals surface area contributed by atoms with Crippen LogP contribution >= 0.6 is 0 Å². The van der Waals surface area contributed by atoms with E-state index in [4.69, 9.17) is 0 Å². The number of piperidine rings is 2. The maximum atomic E-state index is 13.6. The zero-order chi connectivity index (χ0) is 21.4. The van der Waals surface area contributed by atoms with Gasteiger partial charge in [0.25, 0.3) is 0 Å². The summed E-state index contributed by atoms with van der Waals surface area (Å²) in [5, 5.41) is 7.56. The number of carbonyl (C=O) groups is 2. The van der Waals surface area contributed by atoms with Gasteiger partial charge in [-0.1, -0.05) is 18.9 Å². The smallest absolute Gasteiger partial charge is 0.196 e. The number of carbonyl (C=O) groups excluding carboxylic acids is 2. The van der Waals surface area contributed by atoms with Crippen LogP contribution in [0.4, 0.5) is 11.4 Å². The molecule has 2 N–H and O–H groups in total. The molecule has 32 heavy (non-hydrogen) atoms. The van der Waals surface area contributed by atoms with Gasteiger partial charge in [0.15, 0.2) is 11.6 Å². The standard InChI is InChI=1S/C26H28N4O2/c31-23-17-13-15-7-8-16(17)24(32)20-18(23)14-19-21(27-25(15)29-9-3-1-4-10-29)22(20)28-26(19)30-11-5-2-6-12-30/h7-8,13-14,25-28H,1-6,9-12H2. The minimum atomic E-state index is -0.0334. The molecule has 0 spiro atoms. The summed E-state index contributed by atoms with van der Waals surface area (Å²) in [5.41, 5.74) is 6.28. The SMILES string of the molecule is O=C1c2cc3ccc2C(=O)c2c1cc1c(c2NC1N1CCCCC1)NC3N1CCCCC1. The number of rotatable bonds is 2. The molecule has 0 radical (unpaired) electrons. The Morgan fingerprint density at radius 2 is 1.31 bits per heavy atom. The van der Waals surface area contributed by atoms with Gasteiger partial charge in [-0.05, 0) is 49.4 Å². The Labute approximate surface area is 188 Å². The number of nitrogens with one attached hydrogen (secondary N) is 2. The molecule has 0 amide bonds. The van der Waals surface area contributed by atoms with Crippen LogP contribution in [0.1, 0.15) is 93.8 Å². The number of anilines is 2. The fraction of sp³-hybridized carbons (Fsp3) is 0.462. The van der Waals surface area contributed by atoms with E-state index in [-0.39, 0.29) is 23.9 Å². The van der Waals surface area contributed by atoms with Crippen LogP contribution < -0.4 is 10.6 Å². The molecule has 1 aliphatic carbocycles. The molecule has 2 saturated heterocycles. The Morgan fingerprint density at radius 1 is 0.656 bits per heavy atom. The molecule has 7 aliphatic heterocycles. The predicted octanol–water partition coefficient (Wildman–Crippen LogP) is 4.28. The molecule has 6 heteroatoms. The largest absolute Gasteiger partial charge is 0.364 e. The molecule has 6 nitrogen and oxygen atoms in total. The Balaban J connectivity index is 1.44. The molecule has 2 aromatic carbocycles. The molecule has 10 rings (SSSR count). The van der Waals surface area contributed by atoms with Gasteiger partial charge in [0.05, 0.1) is 16.9 Å². The number of likely N-dealkylation sites (tertiary alicyclic amines) is 2. The molecule has 2 unspecified atom stereocenters. The van der Waals surface area contributed by atoms with Crippen LogP contribution in [0.3, 0.4) is 0 Å². The van der Waals surface area contributed by atoms with Gasteiger partial charge in [0, 0.05) is 48.4 Å². The summed E-state index contributed by atoms with van der Waals surface area (Å²) in [4.78, 5) is 32.2. The molecular weight excluding hydrogens is 400 g/mol. The molecule has 2 atom stereocenters. The van der Waals surface area contributed by atoms with Crippen LogP contribution in [0.5, 0.6) is 0 Å². The Morgan fingerprint density at radius 3 is 2.03 bits per heavy atom. The van der Waals surface area contributed by atoms with E-state index in [1.807, 2.05) is 24.3 Å². The molecule has 2 aromatic rings. The summed E-state index contributed by atoms with van der Waals surface area (Å²) >= 11 is 0. The molecular formula is C26H28N4O2. The van der Waals surface area contributed by atoms with Gasteiger partial charge in [0.1, 0.15) is 12.3 Å². The second-order valence-electron chi connectivity index (χ2n) is 9.89. The van der Waals surface area contributed by atoms with Crippen molar-refractivity contribution in [2.45, 2.75) is 50.9 Å². The lowest BCUT2D eigenvalue weighted by atomic mass is 9.80. The second kappa shape index (κ2) is 6.90. The molecule has 8 bridgehead atoms. The van der Waals surface area contributed by atoms with E-state index in [1.54, 1.807) is 0 Å². The van der Waals surface area contributed by atoms with E-state index < -0.39 is 0 Å². The summed E-state index contributed by atoms with van der Waals surface area (Å²) < 4.78 is 0. The highest BCUT2D eigenvalue weighted by Crippen LogP contribution is 2.51. The fourth-order valence-electron chi connectivity index (χ4n) is 6.41. The summed E-state index contributed by atoms with van der Waals surface area (Å²) in [6.45, 7) is 4.17. The third kappa shape index (κ3) is 2.54. The van der Waals surface area contributed by atoms with Crippen LogP contribution in [-0.4, -0.2) is 47.5 Å². The van der Waals surface area contributed by atoms with Crippen molar-refractivity contribution >= 4 is 22.9 Å². The van der Waals surface area contributed by atoms with Crippen molar-refractivity contribution in [2.24, 2.45) is 0 Å². The number of hydrogen-bond donors (Lipinski definition) is 2. The highest BCUT2D eigenvalue weighted by molar-refractivity contribution is 6.31.